The summed E-state index contributed by atoms with van der Waals surface area (Å²) in [6, 6.07) is 9.94. The van der Waals surface area contributed by atoms with Crippen LogP contribution in [0.1, 0.15) is 18.9 Å². The highest BCUT2D eigenvalue weighted by molar-refractivity contribution is 14.0. The van der Waals surface area contributed by atoms with Crippen molar-refractivity contribution in [3.05, 3.63) is 54.0 Å². The van der Waals surface area contributed by atoms with Gasteiger partial charge in [0, 0.05) is 38.5 Å². The van der Waals surface area contributed by atoms with Gasteiger partial charge in [0.2, 0.25) is 5.88 Å². The molecule has 0 spiro atoms. The van der Waals surface area contributed by atoms with Gasteiger partial charge >= 0.3 is 0 Å². The maximum absolute atomic E-state index is 13.3. The molecule has 1 heterocycles. The minimum absolute atomic E-state index is 0. The summed E-state index contributed by atoms with van der Waals surface area (Å²) in [5, 5.41) is 6.48. The molecule has 0 fully saturated rings. The molecule has 7 nitrogen and oxygen atoms in total. The zero-order valence-electron chi connectivity index (χ0n) is 17.6. The lowest BCUT2D eigenvalue weighted by Crippen LogP contribution is -2.42. The van der Waals surface area contributed by atoms with Crippen LogP contribution >= 0.6 is 24.0 Å². The fourth-order valence-corrected chi connectivity index (χ4v) is 2.52. The maximum atomic E-state index is 13.3. The van der Waals surface area contributed by atoms with E-state index >= 15 is 0 Å². The van der Waals surface area contributed by atoms with Gasteiger partial charge in [0.1, 0.15) is 24.3 Å². The average Bonchev–Trinajstić information content (AvgIpc) is 2.74. The summed E-state index contributed by atoms with van der Waals surface area (Å²) in [6.07, 6.45) is 2.33. The van der Waals surface area contributed by atoms with Crippen LogP contribution in [-0.2, 0) is 11.3 Å². The predicted molar refractivity (Wildman–Crippen MR) is 126 cm³/mol. The third kappa shape index (κ3) is 9.12. The SMILES string of the molecule is CCC(CNC(=NC)NCc1cccnc1OCCOC)Oc1cccc(F)c1.I. The van der Waals surface area contributed by atoms with Gasteiger partial charge in [0.25, 0.3) is 0 Å². The Bertz CT molecular complexity index is 779. The van der Waals surface area contributed by atoms with Crippen molar-refractivity contribution >= 4 is 29.9 Å². The van der Waals surface area contributed by atoms with Crippen LogP contribution in [-0.4, -0.2) is 51.0 Å². The summed E-state index contributed by atoms with van der Waals surface area (Å²) in [5.74, 6) is 1.38. The smallest absolute Gasteiger partial charge is 0.218 e. The molecule has 1 aromatic heterocycles. The topological polar surface area (TPSA) is 77.0 Å². The van der Waals surface area contributed by atoms with Crippen LogP contribution in [0, 0.1) is 5.82 Å². The number of nitrogens with one attached hydrogen (secondary N) is 2. The molecule has 0 amide bonds. The number of benzene rings is 1. The van der Waals surface area contributed by atoms with E-state index in [0.717, 1.165) is 12.0 Å². The number of pyridine rings is 1. The van der Waals surface area contributed by atoms with Crippen LogP contribution in [0.4, 0.5) is 4.39 Å². The number of halogens is 2. The molecule has 0 saturated heterocycles. The quantitative estimate of drug-likeness (QED) is 0.200. The highest BCUT2D eigenvalue weighted by atomic mass is 127. The van der Waals surface area contributed by atoms with E-state index in [1.54, 1.807) is 32.5 Å². The highest BCUT2D eigenvalue weighted by Gasteiger charge is 2.11. The van der Waals surface area contributed by atoms with E-state index in [4.69, 9.17) is 14.2 Å². The molecule has 2 rings (SSSR count). The van der Waals surface area contributed by atoms with Gasteiger partial charge < -0.3 is 24.8 Å². The number of hydrogen-bond donors (Lipinski definition) is 2. The Hall–Kier alpha value is -2.14. The summed E-state index contributed by atoms with van der Waals surface area (Å²) in [4.78, 5) is 8.50. The van der Waals surface area contributed by atoms with Gasteiger partial charge in [0.05, 0.1) is 13.2 Å². The van der Waals surface area contributed by atoms with Gasteiger partial charge in [0.15, 0.2) is 5.96 Å². The summed E-state index contributed by atoms with van der Waals surface area (Å²) < 4.78 is 29.8. The number of aliphatic imine (C=N–C) groups is 1. The van der Waals surface area contributed by atoms with Gasteiger partial charge in [-0.05, 0) is 24.6 Å². The van der Waals surface area contributed by atoms with Crippen LogP contribution < -0.4 is 20.1 Å². The Morgan fingerprint density at radius 2 is 2.03 bits per heavy atom. The van der Waals surface area contributed by atoms with Crippen molar-refractivity contribution in [1.82, 2.24) is 15.6 Å². The number of hydrogen-bond acceptors (Lipinski definition) is 5. The van der Waals surface area contributed by atoms with E-state index in [1.807, 2.05) is 19.1 Å². The number of nitrogens with zero attached hydrogens (tertiary/aromatic N) is 2. The molecule has 0 radical (unpaired) electrons. The van der Waals surface area contributed by atoms with E-state index in [0.29, 0.717) is 43.9 Å². The molecule has 2 aromatic rings. The highest BCUT2D eigenvalue weighted by Crippen LogP contribution is 2.15. The van der Waals surface area contributed by atoms with Crippen molar-refractivity contribution in [2.75, 3.05) is 33.9 Å². The second-order valence-electron chi connectivity index (χ2n) is 6.22. The van der Waals surface area contributed by atoms with Crippen LogP contribution in [0.25, 0.3) is 0 Å². The molecule has 0 aliphatic carbocycles. The first-order chi connectivity index (χ1) is 14.2. The van der Waals surface area contributed by atoms with Gasteiger partial charge in [-0.25, -0.2) is 9.37 Å². The van der Waals surface area contributed by atoms with Gasteiger partial charge in [-0.15, -0.1) is 24.0 Å². The Kier molecular flexibility index (Phi) is 12.8. The van der Waals surface area contributed by atoms with Crippen molar-refractivity contribution in [1.29, 1.82) is 0 Å². The lowest BCUT2D eigenvalue weighted by Gasteiger charge is -2.20. The molecule has 0 aliphatic rings. The van der Waals surface area contributed by atoms with Crippen LogP contribution in [0.15, 0.2) is 47.6 Å². The second kappa shape index (κ2) is 14.8. The first-order valence-corrected chi connectivity index (χ1v) is 9.58. The minimum atomic E-state index is -0.317. The van der Waals surface area contributed by atoms with Crippen molar-refractivity contribution in [3.8, 4) is 11.6 Å². The summed E-state index contributed by atoms with van der Waals surface area (Å²) >= 11 is 0. The first kappa shape index (κ1) is 25.9. The van der Waals surface area contributed by atoms with E-state index in [-0.39, 0.29) is 35.9 Å². The van der Waals surface area contributed by atoms with Crippen molar-refractivity contribution < 1.29 is 18.6 Å². The molecule has 30 heavy (non-hydrogen) atoms. The monoisotopic (exact) mass is 532 g/mol. The van der Waals surface area contributed by atoms with Crippen molar-refractivity contribution in [2.24, 2.45) is 4.99 Å². The molecule has 9 heteroatoms. The molecule has 1 aromatic carbocycles. The second-order valence-corrected chi connectivity index (χ2v) is 6.22. The normalized spacial score (nSPS) is 11.9. The molecular formula is C21H30FIN4O3. The molecule has 2 N–H and O–H groups in total. The molecule has 0 bridgehead atoms. The minimum Gasteiger partial charge on any atom is -0.489 e. The largest absolute Gasteiger partial charge is 0.489 e. The third-order valence-electron chi connectivity index (χ3n) is 4.10. The van der Waals surface area contributed by atoms with E-state index in [1.165, 1.54) is 12.1 Å². The van der Waals surface area contributed by atoms with Gasteiger partial charge in [-0.1, -0.05) is 19.1 Å². The summed E-state index contributed by atoms with van der Waals surface area (Å²) in [7, 11) is 3.32. The number of guanidine groups is 1. The number of aromatic nitrogens is 1. The predicted octanol–water partition coefficient (Wildman–Crippen LogP) is 3.39. The average molecular weight is 532 g/mol. The fraction of sp³-hybridized carbons (Fsp3) is 0.429. The molecule has 1 atom stereocenters. The molecule has 166 valence electrons. The summed E-state index contributed by atoms with van der Waals surface area (Å²) in [5.41, 5.74) is 0.912. The Morgan fingerprint density at radius 3 is 2.73 bits per heavy atom. The molecular weight excluding hydrogens is 502 g/mol. The van der Waals surface area contributed by atoms with E-state index in [9.17, 15) is 4.39 Å². The van der Waals surface area contributed by atoms with Crippen LogP contribution in [0.2, 0.25) is 0 Å². The Labute approximate surface area is 194 Å². The first-order valence-electron chi connectivity index (χ1n) is 9.58. The molecule has 0 aliphatic heterocycles. The number of rotatable bonds is 11. The fourth-order valence-electron chi connectivity index (χ4n) is 2.52. The van der Waals surface area contributed by atoms with Crippen LogP contribution in [0.5, 0.6) is 11.6 Å². The van der Waals surface area contributed by atoms with Crippen molar-refractivity contribution in [2.45, 2.75) is 26.0 Å². The zero-order valence-corrected chi connectivity index (χ0v) is 19.9. The number of methoxy groups -OCH3 is 1. The van der Waals surface area contributed by atoms with E-state index < -0.39 is 0 Å². The number of ether oxygens (including phenoxy) is 3. The standard InChI is InChI=1S/C21H29FN4O3.HI/c1-4-18(29-19-9-5-8-17(22)13-19)15-26-21(23-2)25-14-16-7-6-10-24-20(16)28-12-11-27-3;/h5-10,13,18H,4,11-12,14-15H2,1-3H3,(H2,23,25,26);1H. The lowest BCUT2D eigenvalue weighted by atomic mass is 10.2. The molecule has 0 saturated carbocycles. The Morgan fingerprint density at radius 1 is 1.20 bits per heavy atom. The Balaban J connectivity index is 0.00000450. The third-order valence-corrected chi connectivity index (χ3v) is 4.10. The zero-order chi connectivity index (χ0) is 20.9. The lowest BCUT2D eigenvalue weighted by molar-refractivity contribution is 0.143. The van der Waals surface area contributed by atoms with E-state index in [2.05, 4.69) is 20.6 Å². The summed E-state index contributed by atoms with van der Waals surface area (Å²) in [6.45, 7) is 3.97. The van der Waals surface area contributed by atoms with Gasteiger partial charge in [-0.2, -0.15) is 0 Å². The van der Waals surface area contributed by atoms with Crippen LogP contribution in [0.3, 0.4) is 0 Å². The molecule has 1 unspecified atom stereocenters. The van der Waals surface area contributed by atoms with Crippen molar-refractivity contribution in [3.63, 3.8) is 0 Å². The maximum Gasteiger partial charge on any atom is 0.218 e. The van der Waals surface area contributed by atoms with Gasteiger partial charge in [-0.3, -0.25) is 4.99 Å².